The molecule has 0 aromatic heterocycles. The summed E-state index contributed by atoms with van der Waals surface area (Å²) >= 11 is 1.43. The smallest absolute Gasteiger partial charge is 0.218 e. The van der Waals surface area contributed by atoms with Crippen molar-refractivity contribution in [3.05, 3.63) is 24.3 Å². The van der Waals surface area contributed by atoms with E-state index in [1.54, 1.807) is 12.1 Å². The summed E-state index contributed by atoms with van der Waals surface area (Å²) in [5.74, 6) is -0.115. The molecule has 8 heteroatoms. The number of nitrogen functional groups attached to an aromatic ring is 1. The summed E-state index contributed by atoms with van der Waals surface area (Å²) in [6, 6.07) is 7.21. The van der Waals surface area contributed by atoms with Gasteiger partial charge in [-0.05, 0) is 24.3 Å². The van der Waals surface area contributed by atoms with Crippen LogP contribution in [-0.2, 0) is 14.8 Å². The highest BCUT2D eigenvalue weighted by molar-refractivity contribution is 8.00. The normalized spacial score (nSPS) is 11.4. The van der Waals surface area contributed by atoms with Crippen LogP contribution < -0.4 is 16.2 Å². The van der Waals surface area contributed by atoms with Gasteiger partial charge >= 0.3 is 0 Å². The maximum absolute atomic E-state index is 11.6. The Morgan fingerprint density at radius 2 is 1.89 bits per heavy atom. The second kappa shape index (κ2) is 7.37. The monoisotopic (exact) mass is 303 g/mol. The van der Waals surface area contributed by atoms with Crippen molar-refractivity contribution in [3.63, 3.8) is 0 Å². The van der Waals surface area contributed by atoms with Gasteiger partial charge in [-0.15, -0.1) is 11.8 Å². The Balaban J connectivity index is 2.31. The standard InChI is InChI=1S/C11H17N3O3S2/c12-9-1-3-10(4-2-9)18-7-8-19(16,17)14-6-5-11(13)15/h1-4,14H,5-8,12H2,(H2,13,15). The highest BCUT2D eigenvalue weighted by atomic mass is 32.2. The number of hydrogen-bond acceptors (Lipinski definition) is 5. The van der Waals surface area contributed by atoms with Gasteiger partial charge in [0.25, 0.3) is 0 Å². The first-order chi connectivity index (χ1) is 8.89. The van der Waals surface area contributed by atoms with Crippen LogP contribution in [0, 0.1) is 0 Å². The molecule has 1 amide bonds. The zero-order valence-electron chi connectivity index (χ0n) is 10.3. The van der Waals surface area contributed by atoms with E-state index in [0.29, 0.717) is 11.4 Å². The minimum Gasteiger partial charge on any atom is -0.399 e. The minimum absolute atomic E-state index is 0.00430. The Morgan fingerprint density at radius 1 is 1.26 bits per heavy atom. The van der Waals surface area contributed by atoms with Gasteiger partial charge in [0.05, 0.1) is 5.75 Å². The van der Waals surface area contributed by atoms with Crippen LogP contribution in [-0.4, -0.2) is 32.4 Å². The van der Waals surface area contributed by atoms with Crippen molar-refractivity contribution in [1.29, 1.82) is 0 Å². The number of primary amides is 1. The molecule has 0 fully saturated rings. The lowest BCUT2D eigenvalue weighted by Gasteiger charge is -2.05. The number of carbonyl (C=O) groups excluding carboxylic acids is 1. The molecule has 0 saturated carbocycles. The van der Waals surface area contributed by atoms with E-state index in [9.17, 15) is 13.2 Å². The van der Waals surface area contributed by atoms with Gasteiger partial charge in [0, 0.05) is 29.3 Å². The van der Waals surface area contributed by atoms with Gasteiger partial charge in [0.2, 0.25) is 15.9 Å². The van der Waals surface area contributed by atoms with E-state index >= 15 is 0 Å². The molecule has 6 nitrogen and oxygen atoms in total. The minimum atomic E-state index is -3.36. The van der Waals surface area contributed by atoms with Crippen molar-refractivity contribution < 1.29 is 13.2 Å². The van der Waals surface area contributed by atoms with Crippen molar-refractivity contribution in [2.24, 2.45) is 5.73 Å². The predicted octanol–water partition coefficient (Wildman–Crippen LogP) is 0.156. The first-order valence-electron chi connectivity index (χ1n) is 5.63. The van der Waals surface area contributed by atoms with Crippen molar-refractivity contribution in [3.8, 4) is 0 Å². The summed E-state index contributed by atoms with van der Waals surface area (Å²) in [5, 5.41) is 0. The lowest BCUT2D eigenvalue weighted by molar-refractivity contribution is -0.117. The molecule has 0 aliphatic heterocycles. The second-order valence-electron chi connectivity index (χ2n) is 3.85. The fourth-order valence-corrected chi connectivity index (χ4v) is 3.57. The quantitative estimate of drug-likeness (QED) is 0.467. The molecule has 0 saturated heterocycles. The van der Waals surface area contributed by atoms with Gasteiger partial charge in [-0.3, -0.25) is 4.79 Å². The van der Waals surface area contributed by atoms with Crippen molar-refractivity contribution >= 4 is 33.4 Å². The summed E-state index contributed by atoms with van der Waals surface area (Å²) in [4.78, 5) is 11.4. The average molecular weight is 303 g/mol. The fourth-order valence-electron chi connectivity index (χ4n) is 1.24. The molecule has 5 N–H and O–H groups in total. The maximum atomic E-state index is 11.6. The Labute approximate surface area is 117 Å². The third-order valence-corrected chi connectivity index (χ3v) is 4.85. The van der Waals surface area contributed by atoms with E-state index in [-0.39, 0.29) is 18.7 Å². The van der Waals surface area contributed by atoms with Crippen LogP contribution in [0.1, 0.15) is 6.42 Å². The van der Waals surface area contributed by atoms with Gasteiger partial charge < -0.3 is 11.5 Å². The van der Waals surface area contributed by atoms with E-state index in [0.717, 1.165) is 4.90 Å². The summed E-state index contributed by atoms with van der Waals surface area (Å²) in [6.07, 6.45) is 0.00430. The largest absolute Gasteiger partial charge is 0.399 e. The number of carbonyl (C=O) groups is 1. The van der Waals surface area contributed by atoms with Gasteiger partial charge in [-0.2, -0.15) is 0 Å². The molecule has 0 unspecified atom stereocenters. The molecule has 0 aliphatic carbocycles. The lowest BCUT2D eigenvalue weighted by Crippen LogP contribution is -2.30. The average Bonchev–Trinajstić information content (AvgIpc) is 2.30. The number of rotatable bonds is 8. The third kappa shape index (κ3) is 7.04. The van der Waals surface area contributed by atoms with Crippen molar-refractivity contribution in [1.82, 2.24) is 4.72 Å². The molecule has 106 valence electrons. The molecule has 0 bridgehead atoms. The molecule has 0 radical (unpaired) electrons. The Bertz CT molecular complexity index is 514. The number of anilines is 1. The van der Waals surface area contributed by atoms with Crippen LogP contribution in [0.15, 0.2) is 29.2 Å². The summed E-state index contributed by atoms with van der Waals surface area (Å²) < 4.78 is 25.4. The van der Waals surface area contributed by atoms with Gasteiger partial charge in [-0.1, -0.05) is 0 Å². The molecule has 1 aromatic carbocycles. The number of benzene rings is 1. The highest BCUT2D eigenvalue weighted by Gasteiger charge is 2.10. The summed E-state index contributed by atoms with van der Waals surface area (Å²) in [7, 11) is -3.36. The van der Waals surface area contributed by atoms with E-state index in [4.69, 9.17) is 11.5 Å². The van der Waals surface area contributed by atoms with E-state index in [1.165, 1.54) is 11.8 Å². The van der Waals surface area contributed by atoms with Crippen molar-refractivity contribution in [2.75, 3.05) is 23.8 Å². The maximum Gasteiger partial charge on any atom is 0.218 e. The van der Waals surface area contributed by atoms with Crippen LogP contribution in [0.5, 0.6) is 0 Å². The SMILES string of the molecule is NC(=O)CCNS(=O)(=O)CCSc1ccc(N)cc1. The molecule has 19 heavy (non-hydrogen) atoms. The van der Waals surface area contributed by atoms with E-state index in [2.05, 4.69) is 4.72 Å². The number of thioether (sulfide) groups is 1. The van der Waals surface area contributed by atoms with Crippen LogP contribution in [0.2, 0.25) is 0 Å². The first kappa shape index (κ1) is 15.8. The topological polar surface area (TPSA) is 115 Å². The summed E-state index contributed by atoms with van der Waals surface area (Å²) in [6.45, 7) is 0.0458. The van der Waals surface area contributed by atoms with Gasteiger partial charge in [0.1, 0.15) is 0 Å². The molecule has 0 spiro atoms. The zero-order chi connectivity index (χ0) is 14.3. The lowest BCUT2D eigenvalue weighted by atomic mass is 10.3. The Kier molecular flexibility index (Phi) is 6.13. The number of nitrogens with one attached hydrogen (secondary N) is 1. The molecule has 0 heterocycles. The van der Waals surface area contributed by atoms with Gasteiger partial charge in [0.15, 0.2) is 0 Å². The fraction of sp³-hybridized carbons (Fsp3) is 0.364. The predicted molar refractivity (Wildman–Crippen MR) is 77.2 cm³/mol. The third-order valence-electron chi connectivity index (χ3n) is 2.19. The van der Waals surface area contributed by atoms with E-state index < -0.39 is 15.9 Å². The van der Waals surface area contributed by atoms with E-state index in [1.807, 2.05) is 12.1 Å². The molecule has 0 aliphatic rings. The Hall–Kier alpha value is -1.25. The van der Waals surface area contributed by atoms with Crippen LogP contribution >= 0.6 is 11.8 Å². The number of hydrogen-bond donors (Lipinski definition) is 3. The number of sulfonamides is 1. The highest BCUT2D eigenvalue weighted by Crippen LogP contribution is 2.19. The number of amides is 1. The Morgan fingerprint density at radius 3 is 2.47 bits per heavy atom. The first-order valence-corrected chi connectivity index (χ1v) is 8.27. The molecule has 1 aromatic rings. The van der Waals surface area contributed by atoms with Crippen LogP contribution in [0.4, 0.5) is 5.69 Å². The zero-order valence-corrected chi connectivity index (χ0v) is 12.0. The molecular formula is C11H17N3O3S2. The van der Waals surface area contributed by atoms with Crippen LogP contribution in [0.3, 0.4) is 0 Å². The number of nitrogens with two attached hydrogens (primary N) is 2. The van der Waals surface area contributed by atoms with Crippen molar-refractivity contribution in [2.45, 2.75) is 11.3 Å². The van der Waals surface area contributed by atoms with Gasteiger partial charge in [-0.25, -0.2) is 13.1 Å². The second-order valence-corrected chi connectivity index (χ2v) is 6.94. The van der Waals surface area contributed by atoms with Crippen LogP contribution in [0.25, 0.3) is 0 Å². The summed E-state index contributed by atoms with van der Waals surface area (Å²) in [5.41, 5.74) is 11.1. The molecule has 1 rings (SSSR count). The molecular weight excluding hydrogens is 286 g/mol. The molecule has 0 atom stereocenters.